The first-order valence-electron chi connectivity index (χ1n) is 5.33. The van der Waals surface area contributed by atoms with Crippen LogP contribution in [0.1, 0.15) is 30.3 Å². The minimum atomic E-state index is 0.526. The monoisotopic (exact) mass is 202 g/mol. The molecule has 3 rings (SSSR count). The van der Waals surface area contributed by atoms with Gasteiger partial charge in [-0.2, -0.15) is 0 Å². The van der Waals surface area contributed by atoms with E-state index in [2.05, 4.69) is 14.5 Å². The van der Waals surface area contributed by atoms with Crippen LogP contribution in [0.3, 0.4) is 0 Å². The molecule has 0 amide bonds. The molecule has 0 aliphatic heterocycles. The molecular formula is C11H14N4. The van der Waals surface area contributed by atoms with Crippen LogP contribution in [0.4, 0.5) is 0 Å². The van der Waals surface area contributed by atoms with Gasteiger partial charge in [-0.05, 0) is 31.4 Å². The molecule has 2 N–H and O–H groups in total. The number of aromatic nitrogens is 3. The van der Waals surface area contributed by atoms with Gasteiger partial charge < -0.3 is 10.3 Å². The lowest BCUT2D eigenvalue weighted by Crippen LogP contribution is -1.99. The molecule has 4 nitrogen and oxygen atoms in total. The molecule has 0 radical (unpaired) electrons. The zero-order chi connectivity index (χ0) is 10.4. The number of nitrogens with two attached hydrogens (primary N) is 1. The standard InChI is InChI=1S/C11H14N4/c1-7-14-10-4-8(5-12)6-13-11(10)15(7)9-2-3-9/h4,6,9H,2-3,5,12H2,1H3. The molecule has 0 unspecified atom stereocenters. The highest BCUT2D eigenvalue weighted by Gasteiger charge is 2.27. The summed E-state index contributed by atoms with van der Waals surface area (Å²) in [7, 11) is 0. The molecule has 1 fully saturated rings. The van der Waals surface area contributed by atoms with E-state index in [4.69, 9.17) is 5.73 Å². The fourth-order valence-electron chi connectivity index (χ4n) is 2.02. The maximum atomic E-state index is 5.58. The second-order valence-electron chi connectivity index (χ2n) is 4.15. The van der Waals surface area contributed by atoms with Gasteiger partial charge in [0.1, 0.15) is 11.3 Å². The van der Waals surface area contributed by atoms with Gasteiger partial charge in [-0.15, -0.1) is 0 Å². The van der Waals surface area contributed by atoms with Crippen molar-refractivity contribution in [1.29, 1.82) is 0 Å². The maximum Gasteiger partial charge on any atom is 0.160 e. The summed E-state index contributed by atoms with van der Waals surface area (Å²) in [5.41, 5.74) is 8.61. The Labute approximate surface area is 88.1 Å². The number of aryl methyl sites for hydroxylation is 1. The van der Waals surface area contributed by atoms with Crippen molar-refractivity contribution in [2.75, 3.05) is 0 Å². The van der Waals surface area contributed by atoms with Gasteiger partial charge in [0.25, 0.3) is 0 Å². The van der Waals surface area contributed by atoms with Crippen LogP contribution < -0.4 is 5.73 Å². The molecule has 78 valence electrons. The van der Waals surface area contributed by atoms with Crippen molar-refractivity contribution in [1.82, 2.24) is 14.5 Å². The average molecular weight is 202 g/mol. The Balaban J connectivity index is 2.23. The lowest BCUT2D eigenvalue weighted by molar-refractivity contribution is 0.726. The van der Waals surface area contributed by atoms with E-state index >= 15 is 0 Å². The van der Waals surface area contributed by atoms with Crippen molar-refractivity contribution in [3.8, 4) is 0 Å². The van der Waals surface area contributed by atoms with Gasteiger partial charge in [0.15, 0.2) is 5.65 Å². The van der Waals surface area contributed by atoms with Gasteiger partial charge in [0, 0.05) is 18.8 Å². The molecule has 0 saturated heterocycles. The molecule has 4 heteroatoms. The summed E-state index contributed by atoms with van der Waals surface area (Å²) >= 11 is 0. The van der Waals surface area contributed by atoms with Crippen LogP contribution in [0.5, 0.6) is 0 Å². The van der Waals surface area contributed by atoms with E-state index in [-0.39, 0.29) is 0 Å². The Morgan fingerprint density at radius 3 is 3.00 bits per heavy atom. The van der Waals surface area contributed by atoms with E-state index in [0.717, 1.165) is 22.6 Å². The number of imidazole rings is 1. The smallest absolute Gasteiger partial charge is 0.160 e. The first kappa shape index (κ1) is 8.85. The second-order valence-corrected chi connectivity index (χ2v) is 4.15. The lowest BCUT2D eigenvalue weighted by Gasteiger charge is -2.02. The van der Waals surface area contributed by atoms with Crippen LogP contribution in [0.15, 0.2) is 12.3 Å². The highest BCUT2D eigenvalue weighted by molar-refractivity contribution is 5.72. The van der Waals surface area contributed by atoms with Crippen molar-refractivity contribution < 1.29 is 0 Å². The summed E-state index contributed by atoms with van der Waals surface area (Å²) in [5, 5.41) is 0. The first-order chi connectivity index (χ1) is 7.29. The van der Waals surface area contributed by atoms with E-state index in [1.54, 1.807) is 0 Å². The molecule has 0 atom stereocenters. The zero-order valence-electron chi connectivity index (χ0n) is 8.77. The first-order valence-corrected chi connectivity index (χ1v) is 5.33. The summed E-state index contributed by atoms with van der Waals surface area (Å²) in [6.07, 6.45) is 4.36. The summed E-state index contributed by atoms with van der Waals surface area (Å²) in [6.45, 7) is 2.57. The van der Waals surface area contributed by atoms with Crippen LogP contribution >= 0.6 is 0 Å². The van der Waals surface area contributed by atoms with Crippen LogP contribution in [-0.4, -0.2) is 14.5 Å². The Morgan fingerprint density at radius 2 is 2.33 bits per heavy atom. The Hall–Kier alpha value is -1.42. The van der Waals surface area contributed by atoms with E-state index in [0.29, 0.717) is 12.6 Å². The van der Waals surface area contributed by atoms with E-state index in [1.807, 2.05) is 19.2 Å². The van der Waals surface area contributed by atoms with Gasteiger partial charge in [0.2, 0.25) is 0 Å². The van der Waals surface area contributed by atoms with Crippen LogP contribution in [0, 0.1) is 6.92 Å². The highest BCUT2D eigenvalue weighted by Crippen LogP contribution is 2.37. The number of pyridine rings is 1. The van der Waals surface area contributed by atoms with E-state index < -0.39 is 0 Å². The topological polar surface area (TPSA) is 56.7 Å². The van der Waals surface area contributed by atoms with Crippen molar-refractivity contribution in [2.45, 2.75) is 32.4 Å². The fraction of sp³-hybridized carbons (Fsp3) is 0.455. The van der Waals surface area contributed by atoms with Crippen molar-refractivity contribution in [2.24, 2.45) is 5.73 Å². The third-order valence-electron chi connectivity index (χ3n) is 2.91. The maximum absolute atomic E-state index is 5.58. The van der Waals surface area contributed by atoms with E-state index in [1.165, 1.54) is 12.8 Å². The molecule has 15 heavy (non-hydrogen) atoms. The lowest BCUT2D eigenvalue weighted by atomic mass is 10.3. The molecule has 0 aromatic carbocycles. The summed E-state index contributed by atoms with van der Waals surface area (Å²) in [5.74, 6) is 1.06. The predicted octanol–water partition coefficient (Wildman–Crippen LogP) is 1.53. The molecule has 1 aliphatic carbocycles. The van der Waals surface area contributed by atoms with Gasteiger partial charge in [-0.1, -0.05) is 0 Å². The van der Waals surface area contributed by atoms with Crippen molar-refractivity contribution in [3.05, 3.63) is 23.7 Å². The second kappa shape index (κ2) is 3.03. The minimum absolute atomic E-state index is 0.526. The fourth-order valence-corrected chi connectivity index (χ4v) is 2.02. The summed E-state index contributed by atoms with van der Waals surface area (Å²) < 4.78 is 2.25. The third-order valence-corrected chi connectivity index (χ3v) is 2.91. The van der Waals surface area contributed by atoms with Crippen LogP contribution in [0.2, 0.25) is 0 Å². The molecule has 2 aromatic heterocycles. The number of hydrogen-bond acceptors (Lipinski definition) is 3. The Bertz CT molecular complexity index is 511. The number of rotatable bonds is 2. The molecule has 1 saturated carbocycles. The van der Waals surface area contributed by atoms with Crippen molar-refractivity contribution >= 4 is 11.2 Å². The molecule has 2 aromatic rings. The van der Waals surface area contributed by atoms with Gasteiger partial charge >= 0.3 is 0 Å². The molecular weight excluding hydrogens is 188 g/mol. The van der Waals surface area contributed by atoms with Crippen molar-refractivity contribution in [3.63, 3.8) is 0 Å². The van der Waals surface area contributed by atoms with Crippen LogP contribution in [0.25, 0.3) is 11.2 Å². The van der Waals surface area contributed by atoms with Gasteiger partial charge in [-0.25, -0.2) is 9.97 Å². The van der Waals surface area contributed by atoms with Gasteiger partial charge in [-0.3, -0.25) is 0 Å². The molecule has 1 aliphatic rings. The normalized spacial score (nSPS) is 16.1. The predicted molar refractivity (Wildman–Crippen MR) is 58.4 cm³/mol. The summed E-state index contributed by atoms with van der Waals surface area (Å²) in [4.78, 5) is 8.98. The average Bonchev–Trinajstić information content (AvgIpc) is 3.00. The van der Waals surface area contributed by atoms with Crippen LogP contribution in [-0.2, 0) is 6.54 Å². The largest absolute Gasteiger partial charge is 0.326 e. The van der Waals surface area contributed by atoms with Gasteiger partial charge in [0.05, 0.1) is 0 Å². The third kappa shape index (κ3) is 1.33. The quantitative estimate of drug-likeness (QED) is 0.803. The SMILES string of the molecule is Cc1nc2cc(CN)cnc2n1C1CC1. The highest BCUT2D eigenvalue weighted by atomic mass is 15.2. The number of fused-ring (bicyclic) bond motifs is 1. The van der Waals surface area contributed by atoms with E-state index in [9.17, 15) is 0 Å². The summed E-state index contributed by atoms with van der Waals surface area (Å²) in [6, 6.07) is 2.67. The Kier molecular flexibility index (Phi) is 1.79. The number of nitrogens with zero attached hydrogens (tertiary/aromatic N) is 3. The zero-order valence-corrected chi connectivity index (χ0v) is 8.77. The Morgan fingerprint density at radius 1 is 1.53 bits per heavy atom. The molecule has 0 spiro atoms. The number of hydrogen-bond donors (Lipinski definition) is 1. The molecule has 2 heterocycles. The molecule has 0 bridgehead atoms. The minimum Gasteiger partial charge on any atom is -0.326 e.